The Morgan fingerprint density at radius 1 is 1.03 bits per heavy atom. The van der Waals surface area contributed by atoms with Crippen LogP contribution in [0, 0.1) is 6.92 Å². The minimum absolute atomic E-state index is 0.0503. The van der Waals surface area contributed by atoms with Crippen LogP contribution in [0.25, 0.3) is 5.57 Å². The first-order chi connectivity index (χ1) is 15.4. The Bertz CT molecular complexity index is 1060. The van der Waals surface area contributed by atoms with Gasteiger partial charge in [-0.3, -0.25) is 8.98 Å². The third kappa shape index (κ3) is 6.65. The van der Waals surface area contributed by atoms with E-state index in [0.29, 0.717) is 12.8 Å². The largest absolute Gasteiger partial charge is 0.339 e. The van der Waals surface area contributed by atoms with Crippen molar-refractivity contribution in [3.8, 4) is 0 Å². The molecule has 0 atom stereocenters. The van der Waals surface area contributed by atoms with Crippen LogP contribution in [0.15, 0.2) is 77.2 Å². The predicted molar refractivity (Wildman–Crippen MR) is 128 cm³/mol. The number of hydrogen-bond donors (Lipinski definition) is 0. The maximum absolute atomic E-state index is 12.6. The topological polar surface area (TPSA) is 63.7 Å². The van der Waals surface area contributed by atoms with Crippen molar-refractivity contribution in [3.63, 3.8) is 0 Å². The molecule has 1 aliphatic rings. The van der Waals surface area contributed by atoms with Gasteiger partial charge >= 0.3 is 0 Å². The van der Waals surface area contributed by atoms with Gasteiger partial charge in [-0.25, -0.2) is 0 Å². The number of carbonyl (C=O) groups is 1. The first-order valence-corrected chi connectivity index (χ1v) is 12.5. The van der Waals surface area contributed by atoms with E-state index in [1.165, 1.54) is 0 Å². The third-order valence-corrected chi connectivity index (χ3v) is 6.84. The molecule has 2 aromatic carbocycles. The Hall–Kier alpha value is -2.70. The summed E-state index contributed by atoms with van der Waals surface area (Å²) in [7, 11) is -3.75. The molecule has 2 aromatic rings. The van der Waals surface area contributed by atoms with Crippen LogP contribution >= 0.6 is 0 Å². The fraction of sp³-hybridized carbons (Fsp3) is 0.346. The van der Waals surface area contributed by atoms with E-state index in [1.807, 2.05) is 49.1 Å². The molecular formula is C26H31NO4S. The molecule has 170 valence electrons. The van der Waals surface area contributed by atoms with E-state index in [4.69, 9.17) is 4.18 Å². The lowest BCUT2D eigenvalue weighted by Crippen LogP contribution is -2.25. The summed E-state index contributed by atoms with van der Waals surface area (Å²) in [5.41, 5.74) is 3.92. The lowest BCUT2D eigenvalue weighted by molar-refractivity contribution is -0.125. The summed E-state index contributed by atoms with van der Waals surface area (Å²) in [6, 6.07) is 16.6. The maximum Gasteiger partial charge on any atom is 0.296 e. The lowest BCUT2D eigenvalue weighted by atomic mass is 9.97. The minimum Gasteiger partial charge on any atom is -0.339 e. The van der Waals surface area contributed by atoms with Gasteiger partial charge in [0.25, 0.3) is 10.1 Å². The van der Waals surface area contributed by atoms with Crippen molar-refractivity contribution in [2.75, 3.05) is 19.7 Å². The number of aryl methyl sites for hydroxylation is 1. The van der Waals surface area contributed by atoms with E-state index >= 15 is 0 Å². The van der Waals surface area contributed by atoms with Gasteiger partial charge < -0.3 is 4.90 Å². The van der Waals surface area contributed by atoms with Crippen molar-refractivity contribution in [2.24, 2.45) is 0 Å². The highest BCUT2D eigenvalue weighted by Gasteiger charge is 2.17. The van der Waals surface area contributed by atoms with Crippen LogP contribution in [-0.2, 0) is 19.1 Å². The number of likely N-dealkylation sites (tertiary alicyclic amines) is 1. The minimum atomic E-state index is -3.75. The van der Waals surface area contributed by atoms with Gasteiger partial charge in [0.2, 0.25) is 5.91 Å². The highest BCUT2D eigenvalue weighted by Crippen LogP contribution is 2.24. The molecule has 0 bridgehead atoms. The monoisotopic (exact) mass is 453 g/mol. The first kappa shape index (κ1) is 24.0. The average molecular weight is 454 g/mol. The number of unbranched alkanes of at least 4 members (excludes halogenated alkanes) is 1. The summed E-state index contributed by atoms with van der Waals surface area (Å²) in [6.07, 6.45) is 7.07. The second kappa shape index (κ2) is 11.2. The number of amides is 1. The second-order valence-corrected chi connectivity index (χ2v) is 9.69. The quantitative estimate of drug-likeness (QED) is 0.228. The van der Waals surface area contributed by atoms with Crippen molar-refractivity contribution in [2.45, 2.75) is 44.4 Å². The third-order valence-electron chi connectivity index (χ3n) is 5.51. The fourth-order valence-corrected chi connectivity index (χ4v) is 4.63. The van der Waals surface area contributed by atoms with E-state index in [9.17, 15) is 13.2 Å². The molecule has 1 fully saturated rings. The summed E-state index contributed by atoms with van der Waals surface area (Å²) in [6.45, 7) is 5.60. The normalized spacial score (nSPS) is 15.2. The second-order valence-electron chi connectivity index (χ2n) is 8.07. The van der Waals surface area contributed by atoms with Gasteiger partial charge in [-0.15, -0.1) is 0 Å². The van der Waals surface area contributed by atoms with Crippen LogP contribution in [0.1, 0.15) is 43.7 Å². The molecule has 0 aromatic heterocycles. The van der Waals surface area contributed by atoms with Crippen LogP contribution in [0.3, 0.4) is 0 Å². The Kier molecular flexibility index (Phi) is 8.42. The number of benzene rings is 2. The molecule has 32 heavy (non-hydrogen) atoms. The molecule has 5 nitrogen and oxygen atoms in total. The summed E-state index contributed by atoms with van der Waals surface area (Å²) in [5.74, 6) is 0.0503. The van der Waals surface area contributed by atoms with Crippen LogP contribution < -0.4 is 0 Å². The zero-order valence-electron chi connectivity index (χ0n) is 18.8. The Labute approximate surface area is 191 Å². The Morgan fingerprint density at radius 2 is 1.69 bits per heavy atom. The standard InChI is InChI=1S/C26H31NO4S/c1-21-13-15-24(16-14-21)32(29,30)31-19-9-6-12-25(23-10-4-3-5-11-23)22(2)20-26(28)27-17-7-8-18-27/h3-5,10-16,20H,6-9,17-19H2,1-2H3/b22-20-,25-12+. The molecule has 1 saturated heterocycles. The first-order valence-electron chi connectivity index (χ1n) is 11.1. The summed E-state index contributed by atoms with van der Waals surface area (Å²) >= 11 is 0. The van der Waals surface area contributed by atoms with E-state index in [2.05, 4.69) is 6.08 Å². The summed E-state index contributed by atoms with van der Waals surface area (Å²) in [5, 5.41) is 0. The molecule has 1 amide bonds. The lowest BCUT2D eigenvalue weighted by Gasteiger charge is -2.14. The van der Waals surface area contributed by atoms with Gasteiger partial charge in [0.15, 0.2) is 0 Å². The number of nitrogens with zero attached hydrogens (tertiary/aromatic N) is 1. The molecule has 6 heteroatoms. The smallest absolute Gasteiger partial charge is 0.296 e. The zero-order valence-corrected chi connectivity index (χ0v) is 19.6. The molecule has 0 aliphatic carbocycles. The maximum atomic E-state index is 12.6. The SMILES string of the molecule is CC(=C/C(=O)N1CCCC1)/C(=C\CCCOS(=O)(=O)c1ccc(C)cc1)c1ccccc1. The summed E-state index contributed by atoms with van der Waals surface area (Å²) < 4.78 is 29.9. The molecule has 3 rings (SSSR count). The van der Waals surface area contributed by atoms with Crippen LogP contribution in [-0.4, -0.2) is 38.9 Å². The van der Waals surface area contributed by atoms with Gasteiger partial charge in [0.05, 0.1) is 11.5 Å². The van der Waals surface area contributed by atoms with Gasteiger partial charge in [-0.05, 0) is 68.4 Å². The van der Waals surface area contributed by atoms with Crippen LogP contribution in [0.2, 0.25) is 0 Å². The van der Waals surface area contributed by atoms with Gasteiger partial charge in [0.1, 0.15) is 0 Å². The number of allylic oxidation sites excluding steroid dienone is 3. The van der Waals surface area contributed by atoms with E-state index in [1.54, 1.807) is 30.3 Å². The average Bonchev–Trinajstić information content (AvgIpc) is 3.32. The number of hydrogen-bond acceptors (Lipinski definition) is 4. The van der Waals surface area contributed by atoms with Crippen molar-refractivity contribution >= 4 is 21.6 Å². The van der Waals surface area contributed by atoms with E-state index < -0.39 is 10.1 Å². The van der Waals surface area contributed by atoms with Gasteiger partial charge in [-0.1, -0.05) is 54.1 Å². The number of carbonyl (C=O) groups excluding carboxylic acids is 1. The van der Waals surface area contributed by atoms with Crippen LogP contribution in [0.4, 0.5) is 0 Å². The van der Waals surface area contributed by atoms with E-state index in [-0.39, 0.29) is 17.4 Å². The zero-order chi connectivity index (χ0) is 23.0. The molecule has 1 heterocycles. The van der Waals surface area contributed by atoms with Crippen molar-refractivity contribution in [1.82, 2.24) is 4.90 Å². The Balaban J connectivity index is 1.64. The van der Waals surface area contributed by atoms with Crippen molar-refractivity contribution in [3.05, 3.63) is 83.4 Å². The molecule has 0 saturated carbocycles. The van der Waals surface area contributed by atoms with E-state index in [0.717, 1.165) is 48.2 Å². The Morgan fingerprint density at radius 3 is 2.34 bits per heavy atom. The molecule has 0 N–H and O–H groups in total. The highest BCUT2D eigenvalue weighted by atomic mass is 32.2. The summed E-state index contributed by atoms with van der Waals surface area (Å²) in [4.78, 5) is 14.6. The highest BCUT2D eigenvalue weighted by molar-refractivity contribution is 7.86. The molecule has 0 spiro atoms. The molecular weight excluding hydrogens is 422 g/mol. The van der Waals surface area contributed by atoms with Gasteiger partial charge in [-0.2, -0.15) is 8.42 Å². The molecule has 1 aliphatic heterocycles. The molecule has 0 unspecified atom stereocenters. The van der Waals surface area contributed by atoms with Gasteiger partial charge in [0, 0.05) is 19.2 Å². The van der Waals surface area contributed by atoms with Crippen molar-refractivity contribution in [1.29, 1.82) is 0 Å². The van der Waals surface area contributed by atoms with Crippen molar-refractivity contribution < 1.29 is 17.4 Å². The van der Waals surface area contributed by atoms with Crippen LogP contribution in [0.5, 0.6) is 0 Å². The number of rotatable bonds is 9. The molecule has 0 radical (unpaired) electrons. The fourth-order valence-electron chi connectivity index (χ4n) is 3.69. The predicted octanol–water partition coefficient (Wildman–Crippen LogP) is 5.13.